The van der Waals surface area contributed by atoms with E-state index >= 15 is 0 Å². The lowest BCUT2D eigenvalue weighted by Gasteiger charge is -2.21. The van der Waals surface area contributed by atoms with Gasteiger partial charge < -0.3 is 4.90 Å². The Balaban J connectivity index is 1.71. The molecule has 0 radical (unpaired) electrons. The molecule has 4 rings (SSSR count). The van der Waals surface area contributed by atoms with E-state index in [4.69, 9.17) is 5.10 Å². The van der Waals surface area contributed by atoms with E-state index in [0.29, 0.717) is 17.1 Å². The van der Waals surface area contributed by atoms with Crippen LogP contribution in [-0.4, -0.2) is 25.7 Å². The zero-order chi connectivity index (χ0) is 22.5. The van der Waals surface area contributed by atoms with Crippen LogP contribution >= 0.6 is 0 Å². The van der Waals surface area contributed by atoms with E-state index in [-0.39, 0.29) is 5.91 Å². The van der Waals surface area contributed by atoms with Crippen molar-refractivity contribution in [2.75, 3.05) is 24.0 Å². The van der Waals surface area contributed by atoms with Gasteiger partial charge in [0.25, 0.3) is 5.91 Å². The Hall–Kier alpha value is -3.39. The molecule has 2 aromatic carbocycles. The third-order valence-electron chi connectivity index (χ3n) is 6.46. The third-order valence-corrected chi connectivity index (χ3v) is 6.46. The highest BCUT2D eigenvalue weighted by atomic mass is 16.2. The summed E-state index contributed by atoms with van der Waals surface area (Å²) in [6.45, 7) is 0. The second-order valence-corrected chi connectivity index (χ2v) is 8.85. The van der Waals surface area contributed by atoms with E-state index in [0.717, 1.165) is 35.5 Å². The van der Waals surface area contributed by atoms with Gasteiger partial charge in [0.15, 0.2) is 0 Å². The topological polar surface area (TPSA) is 59.7 Å². The van der Waals surface area contributed by atoms with Gasteiger partial charge in [-0.2, -0.15) is 15.4 Å². The minimum absolute atomic E-state index is 0.219. The van der Waals surface area contributed by atoms with E-state index in [1.807, 2.05) is 73.6 Å². The number of rotatable bonds is 6. The SMILES string of the molecule is CN(C)c1ccc(/C(C#N)=C2/C(=O)N(c3ccccc3)N=C2CCC2CCCCC2)cc1. The Morgan fingerprint density at radius 3 is 2.38 bits per heavy atom. The first-order valence-electron chi connectivity index (χ1n) is 11.5. The highest BCUT2D eigenvalue weighted by Gasteiger charge is 2.34. The fourth-order valence-electron chi connectivity index (χ4n) is 4.62. The van der Waals surface area contributed by atoms with E-state index in [1.165, 1.54) is 37.1 Å². The fraction of sp³-hybridized carbons (Fsp3) is 0.370. The van der Waals surface area contributed by atoms with Crippen molar-refractivity contribution in [2.24, 2.45) is 11.0 Å². The fourth-order valence-corrected chi connectivity index (χ4v) is 4.62. The van der Waals surface area contributed by atoms with Crippen LogP contribution in [0, 0.1) is 17.2 Å². The van der Waals surface area contributed by atoms with Crippen molar-refractivity contribution in [3.63, 3.8) is 0 Å². The highest BCUT2D eigenvalue weighted by molar-refractivity contribution is 6.35. The number of para-hydroxylation sites is 1. The second-order valence-electron chi connectivity index (χ2n) is 8.85. The summed E-state index contributed by atoms with van der Waals surface area (Å²) in [5.41, 5.74) is 4.11. The van der Waals surface area contributed by atoms with Gasteiger partial charge in [0.2, 0.25) is 0 Å². The van der Waals surface area contributed by atoms with Crippen LogP contribution in [0.2, 0.25) is 0 Å². The molecule has 1 saturated carbocycles. The second kappa shape index (κ2) is 9.82. The number of hydrogen-bond donors (Lipinski definition) is 0. The van der Waals surface area contributed by atoms with Crippen LogP contribution in [0.15, 0.2) is 65.3 Å². The Morgan fingerprint density at radius 2 is 1.75 bits per heavy atom. The molecule has 32 heavy (non-hydrogen) atoms. The largest absolute Gasteiger partial charge is 0.378 e. The first-order chi connectivity index (χ1) is 15.6. The van der Waals surface area contributed by atoms with Crippen LogP contribution in [0.5, 0.6) is 0 Å². The minimum Gasteiger partial charge on any atom is -0.378 e. The average Bonchev–Trinajstić information content (AvgIpc) is 3.16. The number of carbonyl (C=O) groups is 1. The average molecular weight is 427 g/mol. The molecule has 0 aromatic heterocycles. The van der Waals surface area contributed by atoms with Gasteiger partial charge >= 0.3 is 0 Å². The predicted molar refractivity (Wildman–Crippen MR) is 130 cm³/mol. The monoisotopic (exact) mass is 426 g/mol. The molecule has 0 spiro atoms. The van der Waals surface area contributed by atoms with Crippen LogP contribution in [0.4, 0.5) is 11.4 Å². The summed E-state index contributed by atoms with van der Waals surface area (Å²) in [4.78, 5) is 15.5. The van der Waals surface area contributed by atoms with Crippen molar-refractivity contribution in [3.05, 3.63) is 65.7 Å². The lowest BCUT2D eigenvalue weighted by atomic mass is 9.84. The summed E-state index contributed by atoms with van der Waals surface area (Å²) in [6, 6.07) is 19.6. The molecule has 0 unspecified atom stereocenters. The maximum Gasteiger partial charge on any atom is 0.282 e. The van der Waals surface area contributed by atoms with Crippen molar-refractivity contribution in [3.8, 4) is 6.07 Å². The van der Waals surface area contributed by atoms with E-state index in [9.17, 15) is 10.1 Å². The molecule has 5 nitrogen and oxygen atoms in total. The normalized spacial score (nSPS) is 18.3. The van der Waals surface area contributed by atoms with Gasteiger partial charge in [0, 0.05) is 19.8 Å². The molecule has 1 heterocycles. The molecule has 2 aromatic rings. The van der Waals surface area contributed by atoms with E-state index in [1.54, 1.807) is 0 Å². The zero-order valence-electron chi connectivity index (χ0n) is 18.9. The number of hydrazone groups is 1. The number of carbonyl (C=O) groups excluding carboxylic acids is 1. The number of amides is 1. The molecule has 0 saturated heterocycles. The first-order valence-corrected chi connectivity index (χ1v) is 11.5. The number of anilines is 2. The molecule has 1 aliphatic heterocycles. The summed E-state index contributed by atoms with van der Waals surface area (Å²) < 4.78 is 0. The zero-order valence-corrected chi connectivity index (χ0v) is 18.9. The summed E-state index contributed by atoms with van der Waals surface area (Å²) in [5.74, 6) is 0.460. The van der Waals surface area contributed by atoms with Crippen LogP contribution in [-0.2, 0) is 4.79 Å². The standard InChI is InChI=1S/C27H30N4O/c1-30(2)22-16-14-21(15-17-22)24(19-28)26-25(18-13-20-9-5-3-6-10-20)29-31(27(26)32)23-11-7-4-8-12-23/h4,7-8,11-12,14-17,20H,3,5-6,9-10,13,18H2,1-2H3/b26-24+. The van der Waals surface area contributed by atoms with Gasteiger partial charge in [-0.05, 0) is 48.6 Å². The quantitative estimate of drug-likeness (QED) is 0.434. The lowest BCUT2D eigenvalue weighted by Crippen LogP contribution is -2.22. The molecular weight excluding hydrogens is 396 g/mol. The van der Waals surface area contributed by atoms with Gasteiger partial charge in [-0.1, -0.05) is 62.4 Å². The van der Waals surface area contributed by atoms with Crippen molar-refractivity contribution in [1.82, 2.24) is 0 Å². The van der Waals surface area contributed by atoms with Crippen LogP contribution in [0.1, 0.15) is 50.5 Å². The Kier molecular flexibility index (Phi) is 6.70. The maximum atomic E-state index is 13.5. The van der Waals surface area contributed by atoms with Crippen molar-refractivity contribution < 1.29 is 4.79 Å². The molecule has 5 heteroatoms. The van der Waals surface area contributed by atoms with Gasteiger partial charge in [-0.3, -0.25) is 4.79 Å². The summed E-state index contributed by atoms with van der Waals surface area (Å²) in [6.07, 6.45) is 8.13. The van der Waals surface area contributed by atoms with Crippen LogP contribution < -0.4 is 9.91 Å². The number of nitriles is 1. The number of nitrogens with zero attached hydrogens (tertiary/aromatic N) is 4. The molecule has 1 fully saturated rings. The molecule has 0 atom stereocenters. The highest BCUT2D eigenvalue weighted by Crippen LogP contribution is 2.33. The maximum absolute atomic E-state index is 13.5. The molecule has 2 aliphatic rings. The number of hydrogen-bond acceptors (Lipinski definition) is 4. The smallest absolute Gasteiger partial charge is 0.282 e. The molecule has 0 bridgehead atoms. The molecule has 1 aliphatic carbocycles. The summed E-state index contributed by atoms with van der Waals surface area (Å²) in [5, 5.41) is 16.3. The summed E-state index contributed by atoms with van der Waals surface area (Å²) >= 11 is 0. The molecule has 0 N–H and O–H groups in total. The van der Waals surface area contributed by atoms with Crippen LogP contribution in [0.25, 0.3) is 5.57 Å². The predicted octanol–water partition coefficient (Wildman–Crippen LogP) is 5.79. The Morgan fingerprint density at radius 1 is 1.06 bits per heavy atom. The van der Waals surface area contributed by atoms with Crippen molar-refractivity contribution in [2.45, 2.75) is 44.9 Å². The van der Waals surface area contributed by atoms with Gasteiger partial charge in [0.05, 0.1) is 22.5 Å². The number of allylic oxidation sites excluding steroid dienone is 1. The Bertz CT molecular complexity index is 1060. The van der Waals surface area contributed by atoms with Gasteiger partial charge in [-0.25, -0.2) is 0 Å². The van der Waals surface area contributed by atoms with Gasteiger partial charge in [0.1, 0.15) is 6.07 Å². The first kappa shape index (κ1) is 21.8. The summed E-state index contributed by atoms with van der Waals surface area (Å²) in [7, 11) is 3.96. The number of benzene rings is 2. The molecule has 164 valence electrons. The van der Waals surface area contributed by atoms with Crippen molar-refractivity contribution >= 4 is 28.6 Å². The van der Waals surface area contributed by atoms with Gasteiger partial charge in [-0.15, -0.1) is 0 Å². The lowest BCUT2D eigenvalue weighted by molar-refractivity contribution is -0.114. The molecule has 1 amide bonds. The van der Waals surface area contributed by atoms with E-state index < -0.39 is 0 Å². The third kappa shape index (κ3) is 4.60. The van der Waals surface area contributed by atoms with E-state index in [2.05, 4.69) is 6.07 Å². The van der Waals surface area contributed by atoms with Crippen molar-refractivity contribution in [1.29, 1.82) is 5.26 Å². The Labute approximate surface area is 190 Å². The molecular formula is C27H30N4O. The minimum atomic E-state index is -0.219. The van der Waals surface area contributed by atoms with Crippen LogP contribution in [0.3, 0.4) is 0 Å².